The van der Waals surface area contributed by atoms with Crippen molar-refractivity contribution < 1.29 is 18.6 Å². The Labute approximate surface area is 183 Å². The second-order valence-corrected chi connectivity index (χ2v) is 5.71. The number of hydrogen-bond acceptors (Lipinski definition) is 5. The molecule has 0 bridgehead atoms. The maximum Gasteiger partial charge on any atom is 0.203 e. The van der Waals surface area contributed by atoms with Gasteiger partial charge in [0.2, 0.25) is 5.75 Å². The van der Waals surface area contributed by atoms with E-state index in [1.54, 1.807) is 20.5 Å². The highest BCUT2D eigenvalue weighted by molar-refractivity contribution is 14.0. The van der Waals surface area contributed by atoms with Crippen molar-refractivity contribution in [1.82, 2.24) is 10.6 Å². The molecular weight excluding hydrogens is 473 g/mol. The van der Waals surface area contributed by atoms with Gasteiger partial charge in [0.25, 0.3) is 0 Å². The maximum absolute atomic E-state index is 5.64. The Morgan fingerprint density at radius 1 is 1.11 bits per heavy atom. The van der Waals surface area contributed by atoms with E-state index in [0.717, 1.165) is 36.8 Å². The van der Waals surface area contributed by atoms with Crippen LogP contribution in [0.2, 0.25) is 0 Å². The zero-order valence-corrected chi connectivity index (χ0v) is 19.2. The van der Waals surface area contributed by atoms with Crippen molar-refractivity contribution in [3.8, 4) is 17.2 Å². The number of methoxy groups -OCH3 is 2. The van der Waals surface area contributed by atoms with Crippen molar-refractivity contribution in [1.29, 1.82) is 0 Å². The number of furan rings is 1. The van der Waals surface area contributed by atoms with Crippen molar-refractivity contribution in [2.75, 3.05) is 33.9 Å². The summed E-state index contributed by atoms with van der Waals surface area (Å²) in [6.45, 7) is 6.49. The molecule has 0 amide bonds. The second-order valence-electron chi connectivity index (χ2n) is 5.71. The van der Waals surface area contributed by atoms with E-state index in [-0.39, 0.29) is 24.0 Å². The SMILES string of the molecule is CCNC(=NCc1cc(OC)c(OCC)c(OC)c1)NCCc1ccco1.I. The summed E-state index contributed by atoms with van der Waals surface area (Å²) in [4.78, 5) is 4.64. The number of hydrogen-bond donors (Lipinski definition) is 2. The summed E-state index contributed by atoms with van der Waals surface area (Å²) in [5.74, 6) is 3.57. The zero-order valence-electron chi connectivity index (χ0n) is 16.9. The second kappa shape index (κ2) is 13.1. The lowest BCUT2D eigenvalue weighted by Gasteiger charge is -2.15. The van der Waals surface area contributed by atoms with Crippen molar-refractivity contribution in [2.45, 2.75) is 26.8 Å². The molecule has 0 unspecified atom stereocenters. The quantitative estimate of drug-likeness (QED) is 0.293. The predicted molar refractivity (Wildman–Crippen MR) is 121 cm³/mol. The van der Waals surface area contributed by atoms with Gasteiger partial charge in [-0.3, -0.25) is 0 Å². The number of ether oxygens (including phenoxy) is 3. The molecule has 1 aromatic carbocycles. The fourth-order valence-corrected chi connectivity index (χ4v) is 2.58. The summed E-state index contributed by atoms with van der Waals surface area (Å²) in [6, 6.07) is 7.69. The Balaban J connectivity index is 0.00000392. The van der Waals surface area contributed by atoms with Gasteiger partial charge in [-0.15, -0.1) is 24.0 Å². The molecule has 1 heterocycles. The summed E-state index contributed by atoms with van der Waals surface area (Å²) >= 11 is 0. The number of halogens is 1. The average Bonchev–Trinajstić information content (AvgIpc) is 3.20. The molecule has 0 atom stereocenters. The van der Waals surface area contributed by atoms with Gasteiger partial charge in [-0.1, -0.05) is 0 Å². The number of guanidine groups is 1. The highest BCUT2D eigenvalue weighted by atomic mass is 127. The van der Waals surface area contributed by atoms with Gasteiger partial charge < -0.3 is 29.3 Å². The Bertz CT molecular complexity index is 695. The van der Waals surface area contributed by atoms with E-state index < -0.39 is 0 Å². The first-order chi connectivity index (χ1) is 13.2. The molecule has 2 N–H and O–H groups in total. The van der Waals surface area contributed by atoms with Crippen molar-refractivity contribution in [3.63, 3.8) is 0 Å². The van der Waals surface area contributed by atoms with Gasteiger partial charge in [0.1, 0.15) is 5.76 Å². The lowest BCUT2D eigenvalue weighted by Crippen LogP contribution is -2.38. The number of nitrogens with one attached hydrogen (secondary N) is 2. The molecule has 0 aliphatic rings. The fourth-order valence-electron chi connectivity index (χ4n) is 2.58. The standard InChI is InChI=1S/C20H29N3O4.HI/c1-5-21-20(22-10-9-16-8-7-11-27-16)23-14-15-12-17(24-3)19(26-6-2)18(13-15)25-4;/h7-8,11-13H,5-6,9-10,14H2,1-4H3,(H2,21,22,23);1H. The van der Waals surface area contributed by atoms with Gasteiger partial charge in [0, 0.05) is 19.5 Å². The first-order valence-electron chi connectivity index (χ1n) is 9.14. The van der Waals surface area contributed by atoms with E-state index in [1.807, 2.05) is 38.1 Å². The van der Waals surface area contributed by atoms with Crippen LogP contribution in [-0.4, -0.2) is 39.9 Å². The average molecular weight is 503 g/mol. The van der Waals surface area contributed by atoms with Crippen LogP contribution in [0.15, 0.2) is 39.9 Å². The summed E-state index contributed by atoms with van der Waals surface area (Å²) in [6.07, 6.45) is 2.48. The number of benzene rings is 1. The minimum Gasteiger partial charge on any atom is -0.493 e. The molecule has 156 valence electrons. The van der Waals surface area contributed by atoms with E-state index in [1.165, 1.54) is 0 Å². The van der Waals surface area contributed by atoms with Crippen LogP contribution in [0, 0.1) is 0 Å². The smallest absolute Gasteiger partial charge is 0.203 e. The van der Waals surface area contributed by atoms with E-state index in [9.17, 15) is 0 Å². The van der Waals surface area contributed by atoms with Crippen LogP contribution in [0.1, 0.15) is 25.2 Å². The summed E-state index contributed by atoms with van der Waals surface area (Å²) in [7, 11) is 3.23. The first-order valence-corrected chi connectivity index (χ1v) is 9.14. The summed E-state index contributed by atoms with van der Waals surface area (Å²) < 4.78 is 21.9. The normalized spacial score (nSPS) is 10.8. The van der Waals surface area contributed by atoms with Crippen molar-refractivity contribution >= 4 is 29.9 Å². The van der Waals surface area contributed by atoms with Gasteiger partial charge in [-0.05, 0) is 43.7 Å². The third-order valence-corrected chi connectivity index (χ3v) is 3.82. The number of nitrogens with zero attached hydrogens (tertiary/aromatic N) is 1. The van der Waals surface area contributed by atoms with Crippen LogP contribution < -0.4 is 24.8 Å². The molecule has 28 heavy (non-hydrogen) atoms. The van der Waals surface area contributed by atoms with Crippen LogP contribution in [0.4, 0.5) is 0 Å². The van der Waals surface area contributed by atoms with E-state index in [4.69, 9.17) is 18.6 Å². The van der Waals surface area contributed by atoms with Crippen LogP contribution in [-0.2, 0) is 13.0 Å². The minimum atomic E-state index is 0. The molecule has 0 spiro atoms. The largest absolute Gasteiger partial charge is 0.493 e. The van der Waals surface area contributed by atoms with Gasteiger partial charge in [0.15, 0.2) is 17.5 Å². The van der Waals surface area contributed by atoms with Crippen LogP contribution >= 0.6 is 24.0 Å². The Hall–Kier alpha value is -2.10. The van der Waals surface area contributed by atoms with E-state index in [2.05, 4.69) is 15.6 Å². The highest BCUT2D eigenvalue weighted by Crippen LogP contribution is 2.38. The molecule has 7 nitrogen and oxygen atoms in total. The third-order valence-electron chi connectivity index (χ3n) is 3.82. The maximum atomic E-state index is 5.64. The monoisotopic (exact) mass is 503 g/mol. The Morgan fingerprint density at radius 2 is 1.82 bits per heavy atom. The van der Waals surface area contributed by atoms with Gasteiger partial charge in [-0.2, -0.15) is 0 Å². The molecule has 2 rings (SSSR count). The Kier molecular flexibility index (Phi) is 11.2. The van der Waals surface area contributed by atoms with Crippen molar-refractivity contribution in [2.24, 2.45) is 4.99 Å². The van der Waals surface area contributed by atoms with Crippen LogP contribution in [0.25, 0.3) is 0 Å². The Morgan fingerprint density at radius 3 is 2.36 bits per heavy atom. The van der Waals surface area contributed by atoms with Gasteiger partial charge in [-0.25, -0.2) is 4.99 Å². The third kappa shape index (κ3) is 7.14. The lowest BCUT2D eigenvalue weighted by atomic mass is 10.2. The molecule has 0 aliphatic heterocycles. The zero-order chi connectivity index (χ0) is 19.5. The fraction of sp³-hybridized carbons (Fsp3) is 0.450. The van der Waals surface area contributed by atoms with Crippen molar-refractivity contribution in [3.05, 3.63) is 41.9 Å². The summed E-state index contributed by atoms with van der Waals surface area (Å²) in [5.41, 5.74) is 0.968. The molecule has 0 radical (unpaired) electrons. The van der Waals surface area contributed by atoms with E-state index in [0.29, 0.717) is 30.4 Å². The predicted octanol–water partition coefficient (Wildman–Crippen LogP) is 3.61. The van der Waals surface area contributed by atoms with Gasteiger partial charge in [0.05, 0.1) is 33.6 Å². The summed E-state index contributed by atoms with van der Waals surface area (Å²) in [5, 5.41) is 6.55. The highest BCUT2D eigenvalue weighted by Gasteiger charge is 2.13. The topological polar surface area (TPSA) is 77.3 Å². The minimum absolute atomic E-state index is 0. The molecule has 2 aromatic rings. The molecule has 0 fully saturated rings. The molecule has 0 saturated carbocycles. The first kappa shape index (κ1) is 23.9. The van der Waals surface area contributed by atoms with Crippen LogP contribution in [0.5, 0.6) is 17.2 Å². The molecular formula is C20H30IN3O4. The number of aliphatic imine (C=N–C) groups is 1. The molecule has 8 heteroatoms. The number of rotatable bonds is 10. The lowest BCUT2D eigenvalue weighted by molar-refractivity contribution is 0.288. The molecule has 0 aliphatic carbocycles. The molecule has 0 saturated heterocycles. The van der Waals surface area contributed by atoms with Crippen LogP contribution in [0.3, 0.4) is 0 Å². The van der Waals surface area contributed by atoms with E-state index >= 15 is 0 Å². The van der Waals surface area contributed by atoms with Gasteiger partial charge >= 0.3 is 0 Å². The molecule has 1 aromatic heterocycles.